The van der Waals surface area contributed by atoms with Gasteiger partial charge in [0.2, 0.25) is 0 Å². The summed E-state index contributed by atoms with van der Waals surface area (Å²) in [4.78, 5) is 12.2. The summed E-state index contributed by atoms with van der Waals surface area (Å²) in [7, 11) is 1.63. The largest absolute Gasteiger partial charge is 0.497 e. The quantitative estimate of drug-likeness (QED) is 0.762. The molecular weight excluding hydrogens is 264 g/mol. The van der Waals surface area contributed by atoms with Crippen molar-refractivity contribution in [1.82, 2.24) is 0 Å². The summed E-state index contributed by atoms with van der Waals surface area (Å²) in [6.45, 7) is 5.74. The monoisotopic (exact) mass is 284 g/mol. The number of benzene rings is 2. The third kappa shape index (κ3) is 3.85. The van der Waals surface area contributed by atoms with E-state index in [-0.39, 0.29) is 11.2 Å². The molecule has 0 aliphatic rings. The predicted molar refractivity (Wildman–Crippen MR) is 83.3 cm³/mol. The van der Waals surface area contributed by atoms with Crippen LogP contribution in [0.15, 0.2) is 48.5 Å². The van der Waals surface area contributed by atoms with Gasteiger partial charge in [-0.05, 0) is 48.5 Å². The van der Waals surface area contributed by atoms with E-state index in [2.05, 4.69) is 0 Å². The first-order valence-corrected chi connectivity index (χ1v) is 6.87. The molecule has 0 unspecified atom stereocenters. The number of rotatable bonds is 4. The van der Waals surface area contributed by atoms with Gasteiger partial charge >= 0.3 is 0 Å². The minimum atomic E-state index is -0.377. The fourth-order valence-corrected chi connectivity index (χ4v) is 1.89. The van der Waals surface area contributed by atoms with Gasteiger partial charge in [0.25, 0.3) is 0 Å². The van der Waals surface area contributed by atoms with Crippen LogP contribution >= 0.6 is 0 Å². The third-order valence-electron chi connectivity index (χ3n) is 3.09. The van der Waals surface area contributed by atoms with E-state index < -0.39 is 0 Å². The van der Waals surface area contributed by atoms with Crippen LogP contribution in [0.4, 0.5) is 0 Å². The highest BCUT2D eigenvalue weighted by Gasteiger charge is 2.22. The highest BCUT2D eigenvalue weighted by Crippen LogP contribution is 2.26. The summed E-state index contributed by atoms with van der Waals surface area (Å²) in [5, 5.41) is 0. The van der Waals surface area contributed by atoms with E-state index in [9.17, 15) is 4.79 Å². The second kappa shape index (κ2) is 6.00. The van der Waals surface area contributed by atoms with Crippen molar-refractivity contribution in [1.29, 1.82) is 0 Å². The van der Waals surface area contributed by atoms with Gasteiger partial charge in [-0.25, -0.2) is 0 Å². The first-order valence-electron chi connectivity index (χ1n) is 6.87. The zero-order valence-corrected chi connectivity index (χ0v) is 12.8. The molecule has 0 fully saturated rings. The van der Waals surface area contributed by atoms with Gasteiger partial charge in [0, 0.05) is 11.0 Å². The van der Waals surface area contributed by atoms with Gasteiger partial charge in [-0.15, -0.1) is 0 Å². The molecule has 2 aromatic rings. The topological polar surface area (TPSA) is 35.5 Å². The van der Waals surface area contributed by atoms with Gasteiger partial charge < -0.3 is 9.47 Å². The molecule has 0 atom stereocenters. The minimum absolute atomic E-state index is 0.124. The summed E-state index contributed by atoms with van der Waals surface area (Å²) >= 11 is 0. The molecule has 0 aromatic heterocycles. The molecule has 0 bridgehead atoms. The maximum atomic E-state index is 12.2. The standard InChI is InChI=1S/C18H20O3/c1-18(2,3)17(19)13-5-7-15(8-6-13)21-16-11-9-14(20-4)10-12-16/h5-12H,1-4H3. The van der Waals surface area contributed by atoms with E-state index in [4.69, 9.17) is 9.47 Å². The second-order valence-corrected chi connectivity index (χ2v) is 5.88. The zero-order chi connectivity index (χ0) is 15.5. The van der Waals surface area contributed by atoms with Gasteiger partial charge in [-0.1, -0.05) is 20.8 Å². The molecule has 0 radical (unpaired) electrons. The van der Waals surface area contributed by atoms with E-state index in [1.54, 1.807) is 19.2 Å². The van der Waals surface area contributed by atoms with Gasteiger partial charge in [-0.3, -0.25) is 4.79 Å². The smallest absolute Gasteiger partial charge is 0.168 e. The second-order valence-electron chi connectivity index (χ2n) is 5.88. The fourth-order valence-electron chi connectivity index (χ4n) is 1.89. The van der Waals surface area contributed by atoms with Crippen LogP contribution < -0.4 is 9.47 Å². The molecule has 0 amide bonds. The Labute approximate surface area is 125 Å². The summed E-state index contributed by atoms with van der Waals surface area (Å²) in [6.07, 6.45) is 0. The van der Waals surface area contributed by atoms with E-state index >= 15 is 0 Å². The molecule has 3 heteroatoms. The van der Waals surface area contributed by atoms with Gasteiger partial charge in [0.15, 0.2) is 5.78 Å². The Bertz CT molecular complexity index is 604. The predicted octanol–water partition coefficient (Wildman–Crippen LogP) is 4.72. The van der Waals surface area contributed by atoms with Crippen LogP contribution in [0.1, 0.15) is 31.1 Å². The SMILES string of the molecule is COc1ccc(Oc2ccc(C(=O)C(C)(C)C)cc2)cc1. The Balaban J connectivity index is 2.10. The van der Waals surface area contributed by atoms with E-state index in [1.165, 1.54) is 0 Å². The van der Waals surface area contributed by atoms with Gasteiger partial charge in [0.05, 0.1) is 7.11 Å². The Hall–Kier alpha value is -2.29. The molecule has 0 N–H and O–H groups in total. The Morgan fingerprint density at radius 3 is 1.67 bits per heavy atom. The first kappa shape index (κ1) is 15.1. The van der Waals surface area contributed by atoms with E-state index in [0.29, 0.717) is 11.3 Å². The maximum Gasteiger partial charge on any atom is 0.168 e. The van der Waals surface area contributed by atoms with Crippen LogP contribution in [-0.4, -0.2) is 12.9 Å². The number of ether oxygens (including phenoxy) is 2. The van der Waals surface area contributed by atoms with Crippen molar-refractivity contribution in [3.63, 3.8) is 0 Å². The molecule has 0 aliphatic carbocycles. The lowest BCUT2D eigenvalue weighted by atomic mass is 9.86. The van der Waals surface area contributed by atoms with E-state index in [1.807, 2.05) is 57.2 Å². The molecule has 21 heavy (non-hydrogen) atoms. The van der Waals surface area contributed by atoms with Crippen LogP contribution in [0.3, 0.4) is 0 Å². The Kier molecular flexibility index (Phi) is 4.32. The summed E-state index contributed by atoms with van der Waals surface area (Å²) < 4.78 is 10.8. The Morgan fingerprint density at radius 2 is 1.24 bits per heavy atom. The first-order chi connectivity index (χ1) is 9.90. The number of methoxy groups -OCH3 is 1. The number of ketones is 1. The van der Waals surface area contributed by atoms with Crippen LogP contribution in [0.2, 0.25) is 0 Å². The fraction of sp³-hybridized carbons (Fsp3) is 0.278. The molecule has 110 valence electrons. The number of hydrogen-bond donors (Lipinski definition) is 0. The molecular formula is C18H20O3. The van der Waals surface area contributed by atoms with Crippen molar-refractivity contribution in [3.8, 4) is 17.2 Å². The molecule has 0 heterocycles. The normalized spacial score (nSPS) is 11.0. The van der Waals surface area contributed by atoms with Crippen LogP contribution in [0, 0.1) is 5.41 Å². The molecule has 0 aliphatic heterocycles. The van der Waals surface area contributed by atoms with Gasteiger partial charge in [0.1, 0.15) is 17.2 Å². The molecule has 0 saturated heterocycles. The summed E-state index contributed by atoms with van der Waals surface area (Å²) in [6, 6.07) is 14.6. The molecule has 0 saturated carbocycles. The van der Waals surface area contributed by atoms with Gasteiger partial charge in [-0.2, -0.15) is 0 Å². The highest BCUT2D eigenvalue weighted by molar-refractivity contribution is 5.99. The summed E-state index contributed by atoms with van der Waals surface area (Å²) in [5.41, 5.74) is 0.322. The van der Waals surface area contributed by atoms with Crippen molar-refractivity contribution < 1.29 is 14.3 Å². The average Bonchev–Trinajstić information content (AvgIpc) is 2.47. The van der Waals surface area contributed by atoms with Crippen molar-refractivity contribution in [2.45, 2.75) is 20.8 Å². The van der Waals surface area contributed by atoms with Crippen molar-refractivity contribution in [2.24, 2.45) is 5.41 Å². The Morgan fingerprint density at radius 1 is 0.810 bits per heavy atom. The van der Waals surface area contributed by atoms with Crippen LogP contribution in [0.25, 0.3) is 0 Å². The lowest BCUT2D eigenvalue weighted by Crippen LogP contribution is -2.19. The number of carbonyl (C=O) groups is 1. The lowest BCUT2D eigenvalue weighted by Gasteiger charge is -2.16. The van der Waals surface area contributed by atoms with Crippen molar-refractivity contribution >= 4 is 5.78 Å². The highest BCUT2D eigenvalue weighted by atomic mass is 16.5. The third-order valence-corrected chi connectivity index (χ3v) is 3.09. The number of carbonyl (C=O) groups excluding carboxylic acids is 1. The molecule has 3 nitrogen and oxygen atoms in total. The van der Waals surface area contributed by atoms with Crippen molar-refractivity contribution in [2.75, 3.05) is 7.11 Å². The molecule has 2 rings (SSSR count). The van der Waals surface area contributed by atoms with Crippen LogP contribution in [0.5, 0.6) is 17.2 Å². The lowest BCUT2D eigenvalue weighted by molar-refractivity contribution is 0.0858. The number of Topliss-reactive ketones (excluding diaryl/α,β-unsaturated/α-hetero) is 1. The molecule has 0 spiro atoms. The summed E-state index contributed by atoms with van der Waals surface area (Å²) in [5.74, 6) is 2.34. The zero-order valence-electron chi connectivity index (χ0n) is 12.8. The van der Waals surface area contributed by atoms with Crippen LogP contribution in [-0.2, 0) is 0 Å². The average molecular weight is 284 g/mol. The molecule has 2 aromatic carbocycles. The minimum Gasteiger partial charge on any atom is -0.497 e. The maximum absolute atomic E-state index is 12.2. The number of hydrogen-bond acceptors (Lipinski definition) is 3. The van der Waals surface area contributed by atoms with E-state index in [0.717, 1.165) is 11.5 Å². The van der Waals surface area contributed by atoms with Crippen molar-refractivity contribution in [3.05, 3.63) is 54.1 Å².